The molecule has 2 N–H and O–H groups in total. The molecule has 3 aromatic rings. The molecule has 1 aromatic heterocycles. The minimum atomic E-state index is 0.0231. The topological polar surface area (TPSA) is 60.9 Å². The van der Waals surface area contributed by atoms with Crippen LogP contribution in [0.3, 0.4) is 0 Å². The van der Waals surface area contributed by atoms with Crippen molar-refractivity contribution >= 4 is 10.9 Å². The Balaban J connectivity index is 2.21. The Labute approximate surface area is 142 Å². The van der Waals surface area contributed by atoms with Gasteiger partial charge in [-0.15, -0.1) is 0 Å². The van der Waals surface area contributed by atoms with Crippen LogP contribution < -0.4 is 11.3 Å². The predicted octanol–water partition coefficient (Wildman–Crippen LogP) is 3.21. The van der Waals surface area contributed by atoms with Crippen LogP contribution >= 0.6 is 0 Å². The first-order valence-electron chi connectivity index (χ1n) is 8.38. The lowest BCUT2D eigenvalue weighted by Gasteiger charge is -2.19. The Bertz CT molecular complexity index is 900. The quantitative estimate of drug-likeness (QED) is 0.785. The first-order chi connectivity index (χ1) is 11.6. The fourth-order valence-electron chi connectivity index (χ4n) is 3.04. The number of nitrogens with two attached hydrogens (primary N) is 1. The van der Waals surface area contributed by atoms with Gasteiger partial charge < -0.3 is 5.73 Å². The van der Waals surface area contributed by atoms with E-state index in [-0.39, 0.29) is 11.5 Å². The molecule has 0 spiro atoms. The number of rotatable bonds is 5. The second kappa shape index (κ2) is 6.97. The van der Waals surface area contributed by atoms with E-state index < -0.39 is 0 Å². The molecule has 0 saturated carbocycles. The second-order valence-electron chi connectivity index (χ2n) is 6.22. The molecule has 1 heterocycles. The predicted molar refractivity (Wildman–Crippen MR) is 98.4 cm³/mol. The number of fused-ring (bicyclic) bond motifs is 1. The number of aryl methyl sites for hydroxylation is 1. The highest BCUT2D eigenvalue weighted by Crippen LogP contribution is 2.23. The van der Waals surface area contributed by atoms with Crippen molar-refractivity contribution in [3.05, 3.63) is 75.8 Å². The zero-order valence-corrected chi connectivity index (χ0v) is 14.2. The van der Waals surface area contributed by atoms with Crippen LogP contribution in [-0.4, -0.2) is 16.1 Å². The van der Waals surface area contributed by atoms with Crippen LogP contribution in [0.5, 0.6) is 0 Å². The number of nitrogens with zero attached hydrogens (tertiary/aromatic N) is 2. The van der Waals surface area contributed by atoms with Crippen LogP contribution in [0.1, 0.15) is 36.2 Å². The molecule has 1 unspecified atom stereocenters. The number of aromatic nitrogens is 2. The highest BCUT2D eigenvalue weighted by Gasteiger charge is 2.17. The van der Waals surface area contributed by atoms with Gasteiger partial charge in [0.15, 0.2) is 0 Å². The minimum Gasteiger partial charge on any atom is -0.330 e. The molecule has 0 amide bonds. The Morgan fingerprint density at radius 2 is 1.92 bits per heavy atom. The minimum absolute atomic E-state index is 0.0231. The van der Waals surface area contributed by atoms with Crippen LogP contribution in [-0.2, 0) is 6.54 Å². The standard InChI is InChI=1S/C20H23N3O/c1-14-9-10-18-17(13-14)20(24)23(12-6-11-21)19(22-18)15(2)16-7-4-3-5-8-16/h3-5,7-10,13,15H,6,11-12,21H2,1-2H3. The molecule has 0 bridgehead atoms. The largest absolute Gasteiger partial charge is 0.330 e. The number of hydrogen-bond donors (Lipinski definition) is 1. The number of hydrogen-bond acceptors (Lipinski definition) is 3. The molecule has 0 fully saturated rings. The molecule has 4 heteroatoms. The SMILES string of the molecule is Cc1ccc2nc(C(C)c3ccccc3)n(CCCN)c(=O)c2c1. The molecular weight excluding hydrogens is 298 g/mol. The third-order valence-electron chi connectivity index (χ3n) is 4.41. The molecule has 0 aliphatic heterocycles. The first-order valence-corrected chi connectivity index (χ1v) is 8.38. The summed E-state index contributed by atoms with van der Waals surface area (Å²) in [5.41, 5.74) is 8.66. The second-order valence-corrected chi connectivity index (χ2v) is 6.22. The van der Waals surface area contributed by atoms with Gasteiger partial charge in [0.1, 0.15) is 5.82 Å². The number of benzene rings is 2. The van der Waals surface area contributed by atoms with E-state index >= 15 is 0 Å². The Hall–Kier alpha value is -2.46. The Kier molecular flexibility index (Phi) is 4.76. The van der Waals surface area contributed by atoms with Gasteiger partial charge in [0, 0.05) is 12.5 Å². The van der Waals surface area contributed by atoms with Gasteiger partial charge in [0.25, 0.3) is 5.56 Å². The highest BCUT2D eigenvalue weighted by molar-refractivity contribution is 5.78. The fourth-order valence-corrected chi connectivity index (χ4v) is 3.04. The summed E-state index contributed by atoms with van der Waals surface area (Å²) < 4.78 is 1.80. The summed E-state index contributed by atoms with van der Waals surface area (Å²) >= 11 is 0. The molecule has 2 aromatic carbocycles. The van der Waals surface area contributed by atoms with Crippen molar-refractivity contribution < 1.29 is 0 Å². The van der Waals surface area contributed by atoms with E-state index in [0.717, 1.165) is 28.9 Å². The van der Waals surface area contributed by atoms with Gasteiger partial charge in [0.05, 0.1) is 10.9 Å². The summed E-state index contributed by atoms with van der Waals surface area (Å²) in [6.07, 6.45) is 0.757. The maximum atomic E-state index is 13.0. The van der Waals surface area contributed by atoms with Crippen LogP contribution in [0.15, 0.2) is 53.3 Å². The molecule has 0 aliphatic carbocycles. The summed E-state index contributed by atoms with van der Waals surface area (Å²) in [5.74, 6) is 0.846. The summed E-state index contributed by atoms with van der Waals surface area (Å²) in [6, 6.07) is 16.0. The summed E-state index contributed by atoms with van der Waals surface area (Å²) in [5, 5.41) is 0.677. The molecule has 0 radical (unpaired) electrons. The van der Waals surface area contributed by atoms with Crippen molar-refractivity contribution in [1.82, 2.24) is 9.55 Å². The summed E-state index contributed by atoms with van der Waals surface area (Å²) in [4.78, 5) is 17.9. The Morgan fingerprint density at radius 1 is 1.17 bits per heavy atom. The van der Waals surface area contributed by atoms with Gasteiger partial charge in [-0.1, -0.05) is 48.9 Å². The van der Waals surface area contributed by atoms with Gasteiger partial charge in [-0.2, -0.15) is 0 Å². The summed E-state index contributed by atoms with van der Waals surface area (Å²) in [7, 11) is 0. The van der Waals surface area contributed by atoms with Crippen molar-refractivity contribution in [3.63, 3.8) is 0 Å². The van der Waals surface area contributed by atoms with E-state index in [1.165, 1.54) is 0 Å². The van der Waals surface area contributed by atoms with E-state index in [4.69, 9.17) is 10.7 Å². The molecule has 1 atom stereocenters. The zero-order valence-electron chi connectivity index (χ0n) is 14.2. The van der Waals surface area contributed by atoms with Crippen LogP contribution in [0, 0.1) is 6.92 Å². The van der Waals surface area contributed by atoms with Crippen LogP contribution in [0.4, 0.5) is 0 Å². The lowest BCUT2D eigenvalue weighted by Crippen LogP contribution is -2.28. The van der Waals surface area contributed by atoms with Crippen molar-refractivity contribution in [3.8, 4) is 0 Å². The van der Waals surface area contributed by atoms with Crippen LogP contribution in [0.25, 0.3) is 10.9 Å². The third-order valence-corrected chi connectivity index (χ3v) is 4.41. The van der Waals surface area contributed by atoms with Crippen molar-refractivity contribution in [2.75, 3.05) is 6.54 Å². The van der Waals surface area contributed by atoms with Crippen molar-refractivity contribution in [2.24, 2.45) is 5.73 Å². The van der Waals surface area contributed by atoms with Crippen molar-refractivity contribution in [1.29, 1.82) is 0 Å². The highest BCUT2D eigenvalue weighted by atomic mass is 16.1. The fraction of sp³-hybridized carbons (Fsp3) is 0.300. The molecule has 124 valence electrons. The smallest absolute Gasteiger partial charge is 0.261 e. The molecule has 0 saturated heterocycles. The van der Waals surface area contributed by atoms with E-state index in [9.17, 15) is 4.79 Å². The average molecular weight is 321 g/mol. The van der Waals surface area contributed by atoms with Crippen LogP contribution in [0.2, 0.25) is 0 Å². The van der Waals surface area contributed by atoms with Gasteiger partial charge >= 0.3 is 0 Å². The van der Waals surface area contributed by atoms with E-state index in [2.05, 4.69) is 19.1 Å². The van der Waals surface area contributed by atoms with E-state index in [1.807, 2.05) is 43.3 Å². The Morgan fingerprint density at radius 3 is 2.62 bits per heavy atom. The maximum Gasteiger partial charge on any atom is 0.261 e. The molecule has 24 heavy (non-hydrogen) atoms. The molecule has 4 nitrogen and oxygen atoms in total. The van der Waals surface area contributed by atoms with Gasteiger partial charge in [0.2, 0.25) is 0 Å². The zero-order chi connectivity index (χ0) is 17.1. The van der Waals surface area contributed by atoms with Gasteiger partial charge in [-0.25, -0.2) is 4.98 Å². The monoisotopic (exact) mass is 321 g/mol. The first kappa shape index (κ1) is 16.4. The van der Waals surface area contributed by atoms with Crippen molar-refractivity contribution in [2.45, 2.75) is 32.7 Å². The van der Waals surface area contributed by atoms with Gasteiger partial charge in [-0.3, -0.25) is 9.36 Å². The third kappa shape index (κ3) is 3.10. The molecule has 3 rings (SSSR count). The lowest BCUT2D eigenvalue weighted by molar-refractivity contribution is 0.575. The molecular formula is C20H23N3O. The lowest BCUT2D eigenvalue weighted by atomic mass is 9.99. The normalized spacial score (nSPS) is 12.5. The maximum absolute atomic E-state index is 13.0. The van der Waals surface area contributed by atoms with Gasteiger partial charge in [-0.05, 0) is 37.6 Å². The van der Waals surface area contributed by atoms with E-state index in [0.29, 0.717) is 18.5 Å². The average Bonchev–Trinajstić information content (AvgIpc) is 2.61. The van der Waals surface area contributed by atoms with E-state index in [1.54, 1.807) is 4.57 Å². The summed E-state index contributed by atoms with van der Waals surface area (Å²) in [6.45, 7) is 5.23. The molecule has 0 aliphatic rings.